The SMILES string of the molecule is CCC(C(=O)NCCCCO)c1ccccc1. The minimum absolute atomic E-state index is 0.0645. The number of unbranched alkanes of at least 4 members (excludes halogenated alkanes) is 1. The quantitative estimate of drug-likeness (QED) is 0.711. The lowest BCUT2D eigenvalue weighted by Crippen LogP contribution is -2.30. The van der Waals surface area contributed by atoms with Gasteiger partial charge >= 0.3 is 0 Å². The van der Waals surface area contributed by atoms with Crippen LogP contribution in [0.4, 0.5) is 0 Å². The van der Waals surface area contributed by atoms with Crippen LogP contribution in [0.3, 0.4) is 0 Å². The summed E-state index contributed by atoms with van der Waals surface area (Å²) in [5, 5.41) is 11.6. The first-order valence-corrected chi connectivity index (χ1v) is 6.23. The minimum Gasteiger partial charge on any atom is -0.396 e. The topological polar surface area (TPSA) is 49.3 Å². The summed E-state index contributed by atoms with van der Waals surface area (Å²) in [4.78, 5) is 12.0. The lowest BCUT2D eigenvalue weighted by molar-refractivity contribution is -0.122. The molecule has 1 rings (SSSR count). The van der Waals surface area contributed by atoms with Crippen molar-refractivity contribution in [3.8, 4) is 0 Å². The first-order chi connectivity index (χ1) is 8.29. The van der Waals surface area contributed by atoms with Gasteiger partial charge in [0.25, 0.3) is 0 Å². The van der Waals surface area contributed by atoms with Crippen molar-refractivity contribution in [3.63, 3.8) is 0 Å². The molecular formula is C14H21NO2. The zero-order valence-corrected chi connectivity index (χ0v) is 10.4. The Kier molecular flexibility index (Phi) is 6.33. The summed E-state index contributed by atoms with van der Waals surface area (Å²) in [6.07, 6.45) is 2.37. The second-order valence-corrected chi connectivity index (χ2v) is 4.09. The van der Waals surface area contributed by atoms with E-state index in [9.17, 15) is 4.79 Å². The van der Waals surface area contributed by atoms with E-state index in [1.54, 1.807) is 0 Å². The fourth-order valence-electron chi connectivity index (χ4n) is 1.83. The fraction of sp³-hybridized carbons (Fsp3) is 0.500. The molecule has 0 heterocycles. The summed E-state index contributed by atoms with van der Waals surface area (Å²) in [6.45, 7) is 2.85. The Morgan fingerprint density at radius 1 is 1.29 bits per heavy atom. The molecule has 17 heavy (non-hydrogen) atoms. The monoisotopic (exact) mass is 235 g/mol. The summed E-state index contributed by atoms with van der Waals surface area (Å²) < 4.78 is 0. The fourth-order valence-corrected chi connectivity index (χ4v) is 1.83. The molecule has 0 aliphatic carbocycles. The van der Waals surface area contributed by atoms with Gasteiger partial charge in [0.15, 0.2) is 0 Å². The van der Waals surface area contributed by atoms with Crippen LogP contribution < -0.4 is 5.32 Å². The van der Waals surface area contributed by atoms with Crippen LogP contribution in [-0.2, 0) is 4.79 Å². The largest absolute Gasteiger partial charge is 0.396 e. The van der Waals surface area contributed by atoms with Crippen molar-refractivity contribution in [2.45, 2.75) is 32.1 Å². The molecule has 0 spiro atoms. The van der Waals surface area contributed by atoms with Gasteiger partial charge in [-0.25, -0.2) is 0 Å². The summed E-state index contributed by atoms with van der Waals surface area (Å²) in [7, 11) is 0. The standard InChI is InChI=1S/C14H21NO2/c1-2-13(12-8-4-3-5-9-12)14(17)15-10-6-7-11-16/h3-5,8-9,13,16H,2,6-7,10-11H2,1H3,(H,15,17). The van der Waals surface area contributed by atoms with Crippen molar-refractivity contribution < 1.29 is 9.90 Å². The number of nitrogens with one attached hydrogen (secondary N) is 1. The van der Waals surface area contributed by atoms with Crippen molar-refractivity contribution in [2.75, 3.05) is 13.2 Å². The zero-order valence-electron chi connectivity index (χ0n) is 10.4. The molecule has 0 bridgehead atoms. The number of hydrogen-bond donors (Lipinski definition) is 2. The van der Waals surface area contributed by atoms with E-state index in [1.165, 1.54) is 0 Å². The van der Waals surface area contributed by atoms with E-state index in [1.807, 2.05) is 37.3 Å². The first-order valence-electron chi connectivity index (χ1n) is 6.23. The Morgan fingerprint density at radius 3 is 2.59 bits per heavy atom. The van der Waals surface area contributed by atoms with Gasteiger partial charge in [-0.2, -0.15) is 0 Å². The van der Waals surface area contributed by atoms with E-state index in [0.29, 0.717) is 6.54 Å². The molecule has 0 saturated carbocycles. The number of aliphatic hydroxyl groups is 1. The summed E-state index contributed by atoms with van der Waals surface area (Å²) in [5.74, 6) is 0.0157. The molecule has 3 nitrogen and oxygen atoms in total. The smallest absolute Gasteiger partial charge is 0.227 e. The highest BCUT2D eigenvalue weighted by Crippen LogP contribution is 2.18. The number of hydrogen-bond acceptors (Lipinski definition) is 2. The molecule has 1 unspecified atom stereocenters. The normalized spacial score (nSPS) is 12.1. The molecule has 94 valence electrons. The minimum atomic E-state index is -0.0645. The maximum Gasteiger partial charge on any atom is 0.227 e. The second-order valence-electron chi connectivity index (χ2n) is 4.09. The third-order valence-electron chi connectivity index (χ3n) is 2.81. The predicted molar refractivity (Wildman–Crippen MR) is 68.8 cm³/mol. The van der Waals surface area contributed by atoms with Gasteiger partial charge in [-0.05, 0) is 24.8 Å². The number of rotatable bonds is 7. The molecule has 0 aromatic heterocycles. The molecule has 2 N–H and O–H groups in total. The van der Waals surface area contributed by atoms with Gasteiger partial charge in [-0.3, -0.25) is 4.79 Å². The Labute approximate surface area is 103 Å². The highest BCUT2D eigenvalue weighted by molar-refractivity contribution is 5.83. The van der Waals surface area contributed by atoms with E-state index < -0.39 is 0 Å². The Hall–Kier alpha value is -1.35. The van der Waals surface area contributed by atoms with Gasteiger partial charge in [-0.15, -0.1) is 0 Å². The van der Waals surface area contributed by atoms with Crippen LogP contribution in [0.2, 0.25) is 0 Å². The third kappa shape index (κ3) is 4.57. The third-order valence-corrected chi connectivity index (χ3v) is 2.81. The maximum atomic E-state index is 12.0. The average Bonchev–Trinajstić information content (AvgIpc) is 2.37. The highest BCUT2D eigenvalue weighted by Gasteiger charge is 2.17. The summed E-state index contributed by atoms with van der Waals surface area (Å²) >= 11 is 0. The van der Waals surface area contributed by atoms with Crippen LogP contribution in [-0.4, -0.2) is 24.2 Å². The van der Waals surface area contributed by atoms with E-state index in [-0.39, 0.29) is 18.4 Å². The second kappa shape index (κ2) is 7.85. The van der Waals surface area contributed by atoms with Crippen molar-refractivity contribution in [1.29, 1.82) is 0 Å². The van der Waals surface area contributed by atoms with Gasteiger partial charge in [-0.1, -0.05) is 37.3 Å². The van der Waals surface area contributed by atoms with Crippen molar-refractivity contribution in [2.24, 2.45) is 0 Å². The van der Waals surface area contributed by atoms with E-state index in [2.05, 4.69) is 5.32 Å². The lowest BCUT2D eigenvalue weighted by atomic mass is 9.96. The Balaban J connectivity index is 2.48. The number of carbonyl (C=O) groups excluding carboxylic acids is 1. The first kappa shape index (κ1) is 13.7. The van der Waals surface area contributed by atoms with E-state index in [4.69, 9.17) is 5.11 Å². The molecule has 1 amide bonds. The van der Waals surface area contributed by atoms with Gasteiger partial charge in [0, 0.05) is 13.2 Å². The molecule has 0 saturated heterocycles. The Morgan fingerprint density at radius 2 is 2.00 bits per heavy atom. The molecular weight excluding hydrogens is 214 g/mol. The van der Waals surface area contributed by atoms with Crippen molar-refractivity contribution in [1.82, 2.24) is 5.32 Å². The molecule has 1 aromatic carbocycles. The number of amides is 1. The van der Waals surface area contributed by atoms with Crippen LogP contribution in [0.1, 0.15) is 37.7 Å². The lowest BCUT2D eigenvalue weighted by Gasteiger charge is -2.15. The highest BCUT2D eigenvalue weighted by atomic mass is 16.2. The van der Waals surface area contributed by atoms with Gasteiger partial charge in [0.05, 0.1) is 5.92 Å². The van der Waals surface area contributed by atoms with E-state index >= 15 is 0 Å². The number of benzene rings is 1. The van der Waals surface area contributed by atoms with Gasteiger partial charge in [0.2, 0.25) is 5.91 Å². The van der Waals surface area contributed by atoms with Crippen LogP contribution in [0, 0.1) is 0 Å². The van der Waals surface area contributed by atoms with Crippen LogP contribution in [0.15, 0.2) is 30.3 Å². The van der Waals surface area contributed by atoms with Crippen LogP contribution >= 0.6 is 0 Å². The van der Waals surface area contributed by atoms with Crippen molar-refractivity contribution in [3.05, 3.63) is 35.9 Å². The zero-order chi connectivity index (χ0) is 12.5. The molecule has 1 atom stereocenters. The number of aliphatic hydroxyl groups excluding tert-OH is 1. The molecule has 0 radical (unpaired) electrons. The summed E-state index contributed by atoms with van der Waals surface area (Å²) in [6, 6.07) is 9.84. The summed E-state index contributed by atoms with van der Waals surface area (Å²) in [5.41, 5.74) is 1.06. The van der Waals surface area contributed by atoms with Crippen molar-refractivity contribution >= 4 is 5.91 Å². The molecule has 0 fully saturated rings. The Bertz CT molecular complexity index is 324. The van der Waals surface area contributed by atoms with Gasteiger partial charge < -0.3 is 10.4 Å². The number of carbonyl (C=O) groups is 1. The van der Waals surface area contributed by atoms with Gasteiger partial charge in [0.1, 0.15) is 0 Å². The van der Waals surface area contributed by atoms with Crippen LogP contribution in [0.25, 0.3) is 0 Å². The molecule has 0 aliphatic rings. The maximum absolute atomic E-state index is 12.0. The van der Waals surface area contributed by atoms with Crippen LogP contribution in [0.5, 0.6) is 0 Å². The molecule has 0 aliphatic heterocycles. The van der Waals surface area contributed by atoms with E-state index in [0.717, 1.165) is 24.8 Å². The predicted octanol–water partition coefficient (Wildman–Crippen LogP) is 2.07. The molecule has 3 heteroatoms. The molecule has 1 aromatic rings. The average molecular weight is 235 g/mol.